The van der Waals surface area contributed by atoms with Crippen molar-refractivity contribution < 1.29 is 19.1 Å². The zero-order chi connectivity index (χ0) is 16.0. The van der Waals surface area contributed by atoms with Gasteiger partial charge in [-0.1, -0.05) is 20.4 Å². The molecular formula is C18H26O4. The molecule has 0 heterocycles. The maximum atomic E-state index is 12.2. The molecule has 4 heteroatoms. The lowest BCUT2D eigenvalue weighted by atomic mass is 9.44. The van der Waals surface area contributed by atoms with Crippen LogP contribution in [0.15, 0.2) is 12.7 Å². The quantitative estimate of drug-likeness (QED) is 0.578. The second kappa shape index (κ2) is 5.39. The van der Waals surface area contributed by atoms with Crippen molar-refractivity contribution in [2.45, 2.75) is 58.0 Å². The fourth-order valence-electron chi connectivity index (χ4n) is 5.70. The van der Waals surface area contributed by atoms with Crippen molar-refractivity contribution in [3.63, 3.8) is 0 Å². The van der Waals surface area contributed by atoms with Crippen molar-refractivity contribution in [1.29, 1.82) is 0 Å². The minimum Gasteiger partial charge on any atom is -0.456 e. The summed E-state index contributed by atoms with van der Waals surface area (Å²) < 4.78 is 10.8. The first-order chi connectivity index (χ1) is 10.4. The van der Waals surface area contributed by atoms with E-state index in [1.165, 1.54) is 19.3 Å². The minimum absolute atomic E-state index is 0.313. The Kier molecular flexibility index (Phi) is 3.82. The molecule has 4 bridgehead atoms. The van der Waals surface area contributed by atoms with E-state index in [9.17, 15) is 9.59 Å². The van der Waals surface area contributed by atoms with Crippen LogP contribution in [-0.4, -0.2) is 24.1 Å². The molecule has 4 aliphatic rings. The van der Waals surface area contributed by atoms with Gasteiger partial charge in [-0.05, 0) is 61.7 Å². The van der Waals surface area contributed by atoms with Gasteiger partial charge in [-0.25, -0.2) is 9.59 Å². The Hall–Kier alpha value is -1.32. The number of hydrogen-bond donors (Lipinski definition) is 0. The van der Waals surface area contributed by atoms with Gasteiger partial charge >= 0.3 is 11.9 Å². The first-order valence-electron chi connectivity index (χ1n) is 8.42. The molecule has 22 heavy (non-hydrogen) atoms. The molecule has 0 radical (unpaired) electrons. The maximum Gasteiger partial charge on any atom is 0.344 e. The molecule has 0 spiro atoms. The van der Waals surface area contributed by atoms with Gasteiger partial charge in [0.15, 0.2) is 6.61 Å². The summed E-state index contributed by atoms with van der Waals surface area (Å²) in [7, 11) is 0. The Morgan fingerprint density at radius 3 is 2.36 bits per heavy atom. The Bertz CT molecular complexity index is 479. The molecule has 4 saturated carbocycles. The molecule has 2 unspecified atom stereocenters. The lowest BCUT2D eigenvalue weighted by molar-refractivity contribution is -0.226. The molecule has 4 aliphatic carbocycles. The van der Waals surface area contributed by atoms with E-state index in [4.69, 9.17) is 9.47 Å². The van der Waals surface area contributed by atoms with Gasteiger partial charge in [0.05, 0.1) is 0 Å². The molecule has 4 nitrogen and oxygen atoms in total. The zero-order valence-corrected chi connectivity index (χ0v) is 13.6. The van der Waals surface area contributed by atoms with Crippen LogP contribution in [0.4, 0.5) is 0 Å². The SMILES string of the molecule is C=CC(=O)OCC(=O)OC1(CC)C2CC3CC1CC(C)(C3)C2. The zero-order valence-electron chi connectivity index (χ0n) is 13.6. The van der Waals surface area contributed by atoms with Crippen LogP contribution in [0.5, 0.6) is 0 Å². The van der Waals surface area contributed by atoms with Crippen LogP contribution < -0.4 is 0 Å². The molecule has 0 aromatic carbocycles. The summed E-state index contributed by atoms with van der Waals surface area (Å²) in [5.41, 5.74) is 0.102. The highest BCUT2D eigenvalue weighted by atomic mass is 16.6. The molecule has 0 aromatic rings. The third-order valence-electron chi connectivity index (χ3n) is 6.23. The summed E-state index contributed by atoms with van der Waals surface area (Å²) in [6, 6.07) is 0. The van der Waals surface area contributed by atoms with Gasteiger partial charge in [0.2, 0.25) is 0 Å². The third kappa shape index (κ3) is 2.46. The van der Waals surface area contributed by atoms with Crippen LogP contribution >= 0.6 is 0 Å². The fraction of sp³-hybridized carbons (Fsp3) is 0.778. The summed E-state index contributed by atoms with van der Waals surface area (Å²) in [5, 5.41) is 0. The predicted molar refractivity (Wildman–Crippen MR) is 81.9 cm³/mol. The van der Waals surface area contributed by atoms with E-state index in [0.717, 1.165) is 31.3 Å². The molecule has 2 atom stereocenters. The standard InChI is InChI=1S/C18H26O4/c1-4-15(19)21-11-16(20)22-18(5-2)13-6-12-7-14(18)10-17(3,8-12)9-13/h4,12-14H,1,5-11H2,2-3H3. The summed E-state index contributed by atoms with van der Waals surface area (Å²) in [6.07, 6.45) is 7.93. The summed E-state index contributed by atoms with van der Waals surface area (Å²) in [4.78, 5) is 23.3. The van der Waals surface area contributed by atoms with E-state index in [2.05, 4.69) is 20.4 Å². The van der Waals surface area contributed by atoms with Crippen molar-refractivity contribution in [3.8, 4) is 0 Å². The van der Waals surface area contributed by atoms with Crippen LogP contribution in [-0.2, 0) is 19.1 Å². The third-order valence-corrected chi connectivity index (χ3v) is 6.23. The first-order valence-corrected chi connectivity index (χ1v) is 8.42. The molecule has 0 aromatic heterocycles. The largest absolute Gasteiger partial charge is 0.456 e. The van der Waals surface area contributed by atoms with E-state index in [-0.39, 0.29) is 12.2 Å². The Morgan fingerprint density at radius 2 is 1.86 bits per heavy atom. The van der Waals surface area contributed by atoms with Crippen molar-refractivity contribution in [2.75, 3.05) is 6.61 Å². The van der Waals surface area contributed by atoms with Gasteiger partial charge < -0.3 is 9.47 Å². The van der Waals surface area contributed by atoms with E-state index in [0.29, 0.717) is 17.3 Å². The second-order valence-electron chi connectivity index (χ2n) is 7.75. The number of carbonyl (C=O) groups excluding carboxylic acids is 2. The first kappa shape index (κ1) is 15.6. The monoisotopic (exact) mass is 306 g/mol. The van der Waals surface area contributed by atoms with E-state index in [1.54, 1.807) is 0 Å². The van der Waals surface area contributed by atoms with Crippen LogP contribution in [0.3, 0.4) is 0 Å². The average molecular weight is 306 g/mol. The summed E-state index contributed by atoms with van der Waals surface area (Å²) in [5.74, 6) is 0.731. The second-order valence-corrected chi connectivity index (χ2v) is 7.75. The van der Waals surface area contributed by atoms with Gasteiger partial charge in [0.1, 0.15) is 5.60 Å². The smallest absolute Gasteiger partial charge is 0.344 e. The summed E-state index contributed by atoms with van der Waals surface area (Å²) >= 11 is 0. The van der Waals surface area contributed by atoms with Crippen molar-refractivity contribution in [3.05, 3.63) is 12.7 Å². The summed E-state index contributed by atoms with van der Waals surface area (Å²) in [6.45, 7) is 7.53. The Labute approximate surface area is 132 Å². The molecule has 0 amide bonds. The van der Waals surface area contributed by atoms with Gasteiger partial charge in [-0.3, -0.25) is 0 Å². The van der Waals surface area contributed by atoms with Crippen LogP contribution in [0, 0.1) is 23.2 Å². The highest BCUT2D eigenvalue weighted by molar-refractivity contribution is 5.83. The van der Waals surface area contributed by atoms with Gasteiger partial charge in [-0.15, -0.1) is 0 Å². The number of rotatable bonds is 5. The van der Waals surface area contributed by atoms with Crippen molar-refractivity contribution in [2.24, 2.45) is 23.2 Å². The average Bonchev–Trinajstić information content (AvgIpc) is 2.47. The van der Waals surface area contributed by atoms with E-state index in [1.807, 2.05) is 0 Å². The van der Waals surface area contributed by atoms with Crippen molar-refractivity contribution in [1.82, 2.24) is 0 Å². The van der Waals surface area contributed by atoms with Gasteiger partial charge in [0, 0.05) is 6.08 Å². The molecule has 122 valence electrons. The molecule has 0 N–H and O–H groups in total. The topological polar surface area (TPSA) is 52.6 Å². The maximum absolute atomic E-state index is 12.2. The number of carbonyl (C=O) groups is 2. The van der Waals surface area contributed by atoms with Crippen LogP contribution in [0.25, 0.3) is 0 Å². The minimum atomic E-state index is -0.583. The van der Waals surface area contributed by atoms with Gasteiger partial charge in [0.25, 0.3) is 0 Å². The fourth-order valence-corrected chi connectivity index (χ4v) is 5.70. The predicted octanol–water partition coefficient (Wildman–Crippen LogP) is 3.25. The molecular weight excluding hydrogens is 280 g/mol. The van der Waals surface area contributed by atoms with Gasteiger partial charge in [-0.2, -0.15) is 0 Å². The lowest BCUT2D eigenvalue weighted by Crippen LogP contribution is -2.62. The number of hydrogen-bond acceptors (Lipinski definition) is 4. The number of ether oxygens (including phenoxy) is 2. The highest BCUT2D eigenvalue weighted by Gasteiger charge is 2.61. The Balaban J connectivity index is 1.71. The van der Waals surface area contributed by atoms with Crippen molar-refractivity contribution >= 4 is 11.9 Å². The molecule has 0 aliphatic heterocycles. The molecule has 4 rings (SSSR count). The van der Waals surface area contributed by atoms with Crippen LogP contribution in [0.1, 0.15) is 52.4 Å². The highest BCUT2D eigenvalue weighted by Crippen LogP contribution is 2.65. The normalized spacial score (nSPS) is 42.0. The van der Waals surface area contributed by atoms with Crippen LogP contribution in [0.2, 0.25) is 0 Å². The molecule has 0 saturated heterocycles. The molecule has 4 fully saturated rings. The van der Waals surface area contributed by atoms with E-state index < -0.39 is 11.9 Å². The lowest BCUT2D eigenvalue weighted by Gasteiger charge is -2.63. The van der Waals surface area contributed by atoms with E-state index >= 15 is 0 Å². The number of esters is 2. The Morgan fingerprint density at radius 1 is 1.23 bits per heavy atom.